The summed E-state index contributed by atoms with van der Waals surface area (Å²) in [6, 6.07) is -0.344. The maximum absolute atomic E-state index is 12.7. The number of carbonyl (C=O) groups excluding carboxylic acids is 1. The Bertz CT molecular complexity index is 500. The lowest BCUT2D eigenvalue weighted by molar-refractivity contribution is -0.0622. The Hall–Kier alpha value is -1.01. The fourth-order valence-electron chi connectivity index (χ4n) is 2.25. The summed E-state index contributed by atoms with van der Waals surface area (Å²) in [5, 5.41) is 0.0572. The molecule has 0 unspecified atom stereocenters. The average molecular weight is 358 g/mol. The van der Waals surface area contributed by atoms with Gasteiger partial charge in [0.25, 0.3) is 0 Å². The Morgan fingerprint density at radius 1 is 1.21 bits per heavy atom. The molecule has 24 heavy (non-hydrogen) atoms. The second-order valence-corrected chi connectivity index (χ2v) is 14.2. The van der Waals surface area contributed by atoms with Crippen molar-refractivity contribution in [2.75, 3.05) is 6.61 Å². The van der Waals surface area contributed by atoms with E-state index in [1.807, 2.05) is 34.6 Å². The zero-order valence-electron chi connectivity index (χ0n) is 17.1. The van der Waals surface area contributed by atoms with Gasteiger partial charge in [-0.15, -0.1) is 0 Å². The number of ether oxygens (including phenoxy) is 2. The van der Waals surface area contributed by atoms with Gasteiger partial charge in [-0.3, -0.25) is 4.90 Å². The van der Waals surface area contributed by atoms with E-state index in [4.69, 9.17) is 13.9 Å². The maximum Gasteiger partial charge on any atom is 0.413 e. The molecule has 0 spiro atoms. The molecule has 1 saturated heterocycles. The Labute approximate surface area is 148 Å². The second kappa shape index (κ2) is 6.37. The molecule has 0 aromatic rings. The van der Waals surface area contributed by atoms with Crippen LogP contribution in [0.5, 0.6) is 0 Å². The topological polar surface area (TPSA) is 48.0 Å². The van der Waals surface area contributed by atoms with Gasteiger partial charge < -0.3 is 13.9 Å². The zero-order chi connectivity index (χ0) is 19.1. The minimum absolute atomic E-state index is 0.0572. The van der Waals surface area contributed by atoms with Gasteiger partial charge in [0, 0.05) is 0 Å². The number of hydrogen-bond donors (Lipinski definition) is 0. The van der Waals surface area contributed by atoms with E-state index in [1.54, 1.807) is 4.90 Å². The van der Waals surface area contributed by atoms with Crippen molar-refractivity contribution in [3.8, 4) is 0 Å². The van der Waals surface area contributed by atoms with Crippen molar-refractivity contribution < 1.29 is 18.7 Å². The molecule has 0 N–H and O–H groups in total. The van der Waals surface area contributed by atoms with Gasteiger partial charge in [-0.05, 0) is 52.8 Å². The van der Waals surface area contributed by atoms with Gasteiger partial charge in [0.05, 0.1) is 12.4 Å². The van der Waals surface area contributed by atoms with E-state index in [1.165, 1.54) is 0 Å². The first-order valence-electron chi connectivity index (χ1n) is 8.52. The second-order valence-electron chi connectivity index (χ2n) is 9.45. The van der Waals surface area contributed by atoms with Crippen LogP contribution in [0.4, 0.5) is 4.79 Å². The summed E-state index contributed by atoms with van der Waals surface area (Å²) in [4.78, 5) is 14.3. The summed E-state index contributed by atoms with van der Waals surface area (Å²) in [7, 11) is -2.03. The fraction of sp³-hybridized carbons (Fsp3) is 0.833. The molecule has 1 atom stereocenters. The SMILES string of the molecule is C=C(O[Si](C)(C)C(C)(C)C)[C@@H]1COC(C)(C)N1C(=O)OC(C)(C)C. The molecule has 1 aliphatic rings. The molecule has 1 rings (SSSR count). The van der Waals surface area contributed by atoms with Crippen molar-refractivity contribution >= 4 is 14.4 Å². The van der Waals surface area contributed by atoms with Crippen LogP contribution in [-0.2, 0) is 13.9 Å². The molecule has 5 nitrogen and oxygen atoms in total. The molecule has 0 saturated carbocycles. The Balaban J connectivity index is 3.01. The van der Waals surface area contributed by atoms with Crippen LogP contribution in [0, 0.1) is 0 Å². The maximum atomic E-state index is 12.7. The van der Waals surface area contributed by atoms with Crippen molar-refractivity contribution in [1.29, 1.82) is 0 Å². The first-order chi connectivity index (χ1) is 10.5. The molecule has 0 bridgehead atoms. The van der Waals surface area contributed by atoms with Crippen LogP contribution in [0.15, 0.2) is 12.3 Å². The van der Waals surface area contributed by atoms with Gasteiger partial charge in [-0.25, -0.2) is 4.79 Å². The third-order valence-corrected chi connectivity index (χ3v) is 9.03. The average Bonchev–Trinajstić information content (AvgIpc) is 2.60. The minimum atomic E-state index is -2.03. The fourth-order valence-corrected chi connectivity index (χ4v) is 3.34. The molecule has 140 valence electrons. The predicted molar refractivity (Wildman–Crippen MR) is 99.3 cm³/mol. The lowest BCUT2D eigenvalue weighted by atomic mass is 10.2. The quantitative estimate of drug-likeness (QED) is 0.533. The third kappa shape index (κ3) is 4.76. The number of rotatable bonds is 3. The van der Waals surface area contributed by atoms with Gasteiger partial charge in [-0.2, -0.15) is 0 Å². The molecule has 1 aliphatic heterocycles. The normalized spacial score (nSPS) is 21.6. The minimum Gasteiger partial charge on any atom is -0.545 e. The van der Waals surface area contributed by atoms with Crippen LogP contribution in [-0.4, -0.2) is 43.3 Å². The molecule has 0 aliphatic carbocycles. The van der Waals surface area contributed by atoms with Crippen molar-refractivity contribution in [1.82, 2.24) is 4.90 Å². The molecule has 1 heterocycles. The van der Waals surface area contributed by atoms with E-state index in [0.29, 0.717) is 12.4 Å². The summed E-state index contributed by atoms with van der Waals surface area (Å²) in [6.07, 6.45) is -0.407. The highest BCUT2D eigenvalue weighted by Gasteiger charge is 2.49. The summed E-state index contributed by atoms with van der Waals surface area (Å²) in [5.41, 5.74) is -1.32. The molecule has 0 aromatic carbocycles. The van der Waals surface area contributed by atoms with Crippen LogP contribution in [0.2, 0.25) is 18.1 Å². The molecular weight excluding hydrogens is 322 g/mol. The highest BCUT2D eigenvalue weighted by molar-refractivity contribution is 6.74. The molecule has 0 radical (unpaired) electrons. The number of nitrogens with zero attached hydrogens (tertiary/aromatic N) is 1. The number of hydrogen-bond acceptors (Lipinski definition) is 4. The molecule has 1 fully saturated rings. The van der Waals surface area contributed by atoms with E-state index in [-0.39, 0.29) is 11.1 Å². The van der Waals surface area contributed by atoms with Gasteiger partial charge in [-0.1, -0.05) is 27.4 Å². The monoisotopic (exact) mass is 357 g/mol. The van der Waals surface area contributed by atoms with Gasteiger partial charge >= 0.3 is 6.09 Å². The molecular formula is C18H35NO4Si. The zero-order valence-corrected chi connectivity index (χ0v) is 18.1. The Morgan fingerprint density at radius 3 is 2.12 bits per heavy atom. The lowest BCUT2D eigenvalue weighted by Gasteiger charge is -2.40. The van der Waals surface area contributed by atoms with Gasteiger partial charge in [0.15, 0.2) is 0 Å². The van der Waals surface area contributed by atoms with Gasteiger partial charge in [0.2, 0.25) is 8.32 Å². The first kappa shape index (κ1) is 21.0. The van der Waals surface area contributed by atoms with Gasteiger partial charge in [0.1, 0.15) is 17.4 Å². The van der Waals surface area contributed by atoms with Crippen molar-refractivity contribution in [2.45, 2.75) is 90.9 Å². The van der Waals surface area contributed by atoms with Crippen molar-refractivity contribution in [3.05, 3.63) is 12.3 Å². The lowest BCUT2D eigenvalue weighted by Crippen LogP contribution is -2.51. The first-order valence-corrected chi connectivity index (χ1v) is 11.4. The predicted octanol–water partition coefficient (Wildman–Crippen LogP) is 4.89. The molecule has 1 amide bonds. The summed E-state index contributed by atoms with van der Waals surface area (Å²) >= 11 is 0. The van der Waals surface area contributed by atoms with Crippen LogP contribution in [0.25, 0.3) is 0 Å². The number of amides is 1. The molecule has 0 aromatic heterocycles. The Kier molecular flexibility index (Phi) is 5.58. The smallest absolute Gasteiger partial charge is 0.413 e. The van der Waals surface area contributed by atoms with Crippen molar-refractivity contribution in [2.24, 2.45) is 0 Å². The van der Waals surface area contributed by atoms with Crippen LogP contribution in [0.3, 0.4) is 0 Å². The van der Waals surface area contributed by atoms with E-state index < -0.39 is 25.7 Å². The van der Waals surface area contributed by atoms with Crippen molar-refractivity contribution in [3.63, 3.8) is 0 Å². The van der Waals surface area contributed by atoms with Crippen LogP contribution >= 0.6 is 0 Å². The van der Waals surface area contributed by atoms with E-state index in [0.717, 1.165) is 0 Å². The Morgan fingerprint density at radius 2 is 1.71 bits per heavy atom. The van der Waals surface area contributed by atoms with E-state index in [2.05, 4.69) is 40.4 Å². The molecule has 6 heteroatoms. The van der Waals surface area contributed by atoms with Crippen LogP contribution in [0.1, 0.15) is 55.4 Å². The van der Waals surface area contributed by atoms with E-state index in [9.17, 15) is 4.79 Å². The standard InChI is InChI=1S/C18H35NO4Si/c1-13(23-24(10,11)17(5,6)7)14-12-21-18(8,9)19(14)15(20)22-16(2,3)4/h14H,1,12H2,2-11H3/t14-/m0/s1. The third-order valence-electron chi connectivity index (χ3n) is 4.64. The largest absolute Gasteiger partial charge is 0.545 e. The highest BCUT2D eigenvalue weighted by Crippen LogP contribution is 2.40. The van der Waals surface area contributed by atoms with E-state index >= 15 is 0 Å². The highest BCUT2D eigenvalue weighted by atomic mass is 28.4. The summed E-state index contributed by atoms with van der Waals surface area (Å²) in [6.45, 7) is 24.6. The summed E-state index contributed by atoms with van der Waals surface area (Å²) < 4.78 is 17.7. The summed E-state index contributed by atoms with van der Waals surface area (Å²) in [5.74, 6) is 0.582. The number of carbonyl (C=O) groups is 1. The van der Waals surface area contributed by atoms with Crippen LogP contribution < -0.4 is 0 Å².